The third-order valence-corrected chi connectivity index (χ3v) is 2.64. The molecule has 1 aliphatic rings. The van der Waals surface area contributed by atoms with Crippen molar-refractivity contribution in [2.24, 2.45) is 0 Å². The van der Waals surface area contributed by atoms with Crippen molar-refractivity contribution in [1.29, 1.82) is 0 Å². The molecule has 1 heterocycles. The van der Waals surface area contributed by atoms with E-state index >= 15 is 0 Å². The van der Waals surface area contributed by atoms with Crippen molar-refractivity contribution in [3.8, 4) is 0 Å². The van der Waals surface area contributed by atoms with E-state index in [1.165, 1.54) is 13.0 Å². The average molecular weight is 302 g/mol. The maximum absolute atomic E-state index is 11.7. The highest BCUT2D eigenvalue weighted by molar-refractivity contribution is 5.93. The van der Waals surface area contributed by atoms with Crippen LogP contribution in [0.1, 0.15) is 23.7 Å². The fourth-order valence-corrected chi connectivity index (χ4v) is 1.71. The monoisotopic (exact) mass is 302 g/mol. The molecule has 0 N–H and O–H groups in total. The molecule has 114 valence electrons. The number of rotatable bonds is 5. The Morgan fingerprint density at radius 2 is 1.95 bits per heavy atom. The van der Waals surface area contributed by atoms with Crippen LogP contribution in [0.15, 0.2) is 54.0 Å². The molecule has 0 radical (unpaired) electrons. The highest BCUT2D eigenvalue weighted by atomic mass is 16.6. The minimum Gasteiger partial charge on any atom is -0.462 e. The van der Waals surface area contributed by atoms with Gasteiger partial charge in [-0.3, -0.25) is 4.79 Å². The first kappa shape index (κ1) is 15.5. The SMILES string of the molecule is CC(=O)OC1=C/C(=C\CCOC(=O)c2ccccc2)OC1=O. The van der Waals surface area contributed by atoms with Crippen LogP contribution in [0.5, 0.6) is 0 Å². The normalized spacial score (nSPS) is 15.2. The number of cyclic esters (lactones) is 1. The first-order chi connectivity index (χ1) is 10.6. The summed E-state index contributed by atoms with van der Waals surface area (Å²) in [4.78, 5) is 33.8. The summed E-state index contributed by atoms with van der Waals surface area (Å²) in [5.41, 5.74) is 0.472. The van der Waals surface area contributed by atoms with Crippen molar-refractivity contribution in [2.75, 3.05) is 6.61 Å². The molecular weight excluding hydrogens is 288 g/mol. The second-order valence-corrected chi connectivity index (χ2v) is 4.39. The first-order valence-electron chi connectivity index (χ1n) is 6.61. The van der Waals surface area contributed by atoms with E-state index in [0.29, 0.717) is 12.0 Å². The number of carbonyl (C=O) groups excluding carboxylic acids is 3. The highest BCUT2D eigenvalue weighted by Crippen LogP contribution is 2.18. The van der Waals surface area contributed by atoms with Crippen molar-refractivity contribution in [3.63, 3.8) is 0 Å². The zero-order chi connectivity index (χ0) is 15.9. The van der Waals surface area contributed by atoms with Crippen LogP contribution in [0, 0.1) is 0 Å². The van der Waals surface area contributed by atoms with Gasteiger partial charge in [-0.15, -0.1) is 0 Å². The summed E-state index contributed by atoms with van der Waals surface area (Å²) >= 11 is 0. The number of esters is 3. The highest BCUT2D eigenvalue weighted by Gasteiger charge is 2.24. The fourth-order valence-electron chi connectivity index (χ4n) is 1.71. The lowest BCUT2D eigenvalue weighted by atomic mass is 10.2. The molecule has 22 heavy (non-hydrogen) atoms. The molecule has 0 spiro atoms. The molecule has 0 saturated heterocycles. The quantitative estimate of drug-likeness (QED) is 0.471. The summed E-state index contributed by atoms with van der Waals surface area (Å²) in [7, 11) is 0. The number of hydrogen-bond acceptors (Lipinski definition) is 6. The number of benzene rings is 1. The lowest BCUT2D eigenvalue weighted by Crippen LogP contribution is -2.06. The molecule has 0 saturated carbocycles. The Hall–Kier alpha value is -2.89. The molecule has 6 nitrogen and oxygen atoms in total. The van der Waals surface area contributed by atoms with Gasteiger partial charge in [0.05, 0.1) is 12.2 Å². The van der Waals surface area contributed by atoms with Crippen LogP contribution in [0.25, 0.3) is 0 Å². The number of carbonyl (C=O) groups is 3. The van der Waals surface area contributed by atoms with Crippen LogP contribution < -0.4 is 0 Å². The summed E-state index contributed by atoms with van der Waals surface area (Å²) in [5, 5.41) is 0. The van der Waals surface area contributed by atoms with Crippen LogP contribution in [0.3, 0.4) is 0 Å². The number of allylic oxidation sites excluding steroid dienone is 1. The Morgan fingerprint density at radius 3 is 2.64 bits per heavy atom. The molecule has 0 aliphatic carbocycles. The van der Waals surface area contributed by atoms with E-state index in [-0.39, 0.29) is 18.1 Å². The van der Waals surface area contributed by atoms with Gasteiger partial charge in [-0.05, 0) is 18.2 Å². The van der Waals surface area contributed by atoms with E-state index < -0.39 is 17.9 Å². The number of ether oxygens (including phenoxy) is 3. The van der Waals surface area contributed by atoms with E-state index in [4.69, 9.17) is 9.47 Å². The van der Waals surface area contributed by atoms with E-state index in [1.54, 1.807) is 30.3 Å². The Morgan fingerprint density at radius 1 is 1.23 bits per heavy atom. The summed E-state index contributed by atoms with van der Waals surface area (Å²) in [5.74, 6) is -1.63. The maximum atomic E-state index is 11.7. The summed E-state index contributed by atoms with van der Waals surface area (Å²) in [6, 6.07) is 8.62. The molecule has 1 aromatic rings. The predicted octanol–water partition coefficient (Wildman–Crippen LogP) is 2.12. The van der Waals surface area contributed by atoms with Gasteiger partial charge in [-0.25, -0.2) is 9.59 Å². The molecule has 6 heteroatoms. The molecule has 0 atom stereocenters. The van der Waals surface area contributed by atoms with Gasteiger partial charge in [-0.1, -0.05) is 18.2 Å². The van der Waals surface area contributed by atoms with E-state index in [0.717, 1.165) is 0 Å². The molecule has 1 aliphatic heterocycles. The third kappa shape index (κ3) is 4.31. The lowest BCUT2D eigenvalue weighted by Gasteiger charge is -2.02. The van der Waals surface area contributed by atoms with E-state index in [9.17, 15) is 14.4 Å². The van der Waals surface area contributed by atoms with Crippen LogP contribution in [0.4, 0.5) is 0 Å². The van der Waals surface area contributed by atoms with Crippen LogP contribution in [-0.2, 0) is 23.8 Å². The van der Waals surface area contributed by atoms with Crippen molar-refractivity contribution in [2.45, 2.75) is 13.3 Å². The minimum absolute atomic E-state index is 0.144. The van der Waals surface area contributed by atoms with Crippen molar-refractivity contribution in [1.82, 2.24) is 0 Å². The smallest absolute Gasteiger partial charge is 0.379 e. The average Bonchev–Trinajstić information content (AvgIpc) is 2.84. The number of hydrogen-bond donors (Lipinski definition) is 0. The van der Waals surface area contributed by atoms with Gasteiger partial charge < -0.3 is 14.2 Å². The lowest BCUT2D eigenvalue weighted by molar-refractivity contribution is -0.146. The zero-order valence-corrected chi connectivity index (χ0v) is 11.9. The second kappa shape index (κ2) is 7.21. The largest absolute Gasteiger partial charge is 0.462 e. The van der Waals surface area contributed by atoms with Crippen LogP contribution >= 0.6 is 0 Å². The van der Waals surface area contributed by atoms with Crippen molar-refractivity contribution >= 4 is 17.9 Å². The molecule has 0 unspecified atom stereocenters. The summed E-state index contributed by atoms with van der Waals surface area (Å²) in [6.07, 6.45) is 3.26. The standard InChI is InChI=1S/C16H14O6/c1-11(17)21-14-10-13(22-16(14)19)8-5-9-20-15(18)12-6-3-2-4-7-12/h2-4,6-8,10H,5,9H2,1H3/b13-8+. The third-order valence-electron chi connectivity index (χ3n) is 2.64. The van der Waals surface area contributed by atoms with Gasteiger partial charge >= 0.3 is 17.9 Å². The van der Waals surface area contributed by atoms with Gasteiger partial charge in [-0.2, -0.15) is 0 Å². The maximum Gasteiger partial charge on any atom is 0.379 e. The predicted molar refractivity (Wildman–Crippen MR) is 75.4 cm³/mol. The Bertz CT molecular complexity index is 642. The minimum atomic E-state index is -0.720. The molecular formula is C16H14O6. The second-order valence-electron chi connectivity index (χ2n) is 4.39. The fraction of sp³-hybridized carbons (Fsp3) is 0.188. The molecule has 1 aromatic carbocycles. The summed E-state index contributed by atoms with van der Waals surface area (Å²) < 4.78 is 14.6. The zero-order valence-electron chi connectivity index (χ0n) is 11.9. The molecule has 2 rings (SSSR count). The topological polar surface area (TPSA) is 78.9 Å². The van der Waals surface area contributed by atoms with Crippen molar-refractivity contribution < 1.29 is 28.6 Å². The van der Waals surface area contributed by atoms with Gasteiger partial charge in [0, 0.05) is 19.4 Å². The molecule has 0 bridgehead atoms. The van der Waals surface area contributed by atoms with E-state index in [2.05, 4.69) is 4.74 Å². The Kier molecular flexibility index (Phi) is 5.08. The van der Waals surface area contributed by atoms with Gasteiger partial charge in [0.25, 0.3) is 0 Å². The van der Waals surface area contributed by atoms with Gasteiger partial charge in [0.1, 0.15) is 5.76 Å². The molecule has 0 amide bonds. The first-order valence-corrected chi connectivity index (χ1v) is 6.61. The molecule has 0 aromatic heterocycles. The van der Waals surface area contributed by atoms with Gasteiger partial charge in [0.15, 0.2) is 0 Å². The van der Waals surface area contributed by atoms with Crippen LogP contribution in [0.2, 0.25) is 0 Å². The Labute approximate surface area is 127 Å². The Balaban J connectivity index is 1.81. The summed E-state index contributed by atoms with van der Waals surface area (Å²) in [6.45, 7) is 1.34. The van der Waals surface area contributed by atoms with Crippen LogP contribution in [-0.4, -0.2) is 24.5 Å². The molecule has 0 fully saturated rings. The van der Waals surface area contributed by atoms with Gasteiger partial charge in [0.2, 0.25) is 5.76 Å². The van der Waals surface area contributed by atoms with E-state index in [1.807, 2.05) is 6.07 Å². The van der Waals surface area contributed by atoms with Crippen molar-refractivity contribution in [3.05, 3.63) is 59.6 Å².